The minimum absolute atomic E-state index is 0.0338. The summed E-state index contributed by atoms with van der Waals surface area (Å²) in [6.45, 7) is 2.10. The summed E-state index contributed by atoms with van der Waals surface area (Å²) in [5.74, 6) is -0.297. The molecule has 0 spiro atoms. The maximum absolute atomic E-state index is 11.6. The third-order valence-electron chi connectivity index (χ3n) is 3.52. The van der Waals surface area contributed by atoms with Gasteiger partial charge in [0.1, 0.15) is 6.17 Å². The maximum atomic E-state index is 11.6. The van der Waals surface area contributed by atoms with Crippen molar-refractivity contribution in [2.45, 2.75) is 13.1 Å². The molecule has 0 aliphatic carbocycles. The smallest absolute Gasteiger partial charge is 0.337 e. The van der Waals surface area contributed by atoms with Gasteiger partial charge in [0.25, 0.3) is 0 Å². The highest BCUT2D eigenvalue weighted by Gasteiger charge is 2.31. The molecule has 0 fully saturated rings. The van der Waals surface area contributed by atoms with E-state index in [9.17, 15) is 4.79 Å². The summed E-state index contributed by atoms with van der Waals surface area (Å²) in [6, 6.07) is 4.26. The molecule has 1 aromatic heterocycles. The van der Waals surface area contributed by atoms with E-state index in [0.29, 0.717) is 5.57 Å². The van der Waals surface area contributed by atoms with Crippen LogP contribution in [-0.4, -0.2) is 36.1 Å². The van der Waals surface area contributed by atoms with E-state index in [2.05, 4.69) is 35.1 Å². The second kappa shape index (κ2) is 4.83. The number of fused-ring (bicyclic) bond motifs is 1. The fourth-order valence-corrected chi connectivity index (χ4v) is 3.35. The van der Waals surface area contributed by atoms with E-state index in [-0.39, 0.29) is 12.1 Å². The lowest BCUT2D eigenvalue weighted by Crippen LogP contribution is -2.35. The summed E-state index contributed by atoms with van der Waals surface area (Å²) in [7, 11) is 3.44. The zero-order chi connectivity index (χ0) is 14.3. The van der Waals surface area contributed by atoms with Crippen LogP contribution in [0, 0.1) is 6.92 Å². The normalized spacial score (nSPS) is 20.6. The summed E-state index contributed by atoms with van der Waals surface area (Å²) >= 11 is 1.77. The molecule has 1 atom stereocenters. The van der Waals surface area contributed by atoms with Gasteiger partial charge in [-0.2, -0.15) is 0 Å². The SMILES string of the molecule is COC(=O)C1=CC2N(C=C1)C=C(c1ccc(C)s1)N2C. The van der Waals surface area contributed by atoms with Crippen molar-refractivity contribution in [2.24, 2.45) is 0 Å². The van der Waals surface area contributed by atoms with Crippen LogP contribution in [-0.2, 0) is 9.53 Å². The number of likely N-dealkylation sites (N-methyl/N-ethyl adjacent to an activating group) is 1. The maximum Gasteiger partial charge on any atom is 0.337 e. The number of carbonyl (C=O) groups excluding carboxylic acids is 1. The van der Waals surface area contributed by atoms with Crippen LogP contribution >= 0.6 is 11.3 Å². The van der Waals surface area contributed by atoms with E-state index in [0.717, 1.165) is 0 Å². The third-order valence-corrected chi connectivity index (χ3v) is 4.55. The van der Waals surface area contributed by atoms with Gasteiger partial charge in [0.2, 0.25) is 0 Å². The lowest BCUT2D eigenvalue weighted by molar-refractivity contribution is -0.135. The van der Waals surface area contributed by atoms with Crippen LogP contribution in [0.1, 0.15) is 9.75 Å². The molecule has 0 saturated carbocycles. The predicted octanol–water partition coefficient (Wildman–Crippen LogP) is 2.56. The van der Waals surface area contributed by atoms with Crippen LogP contribution in [0.4, 0.5) is 0 Å². The molecule has 0 N–H and O–H groups in total. The minimum atomic E-state index is -0.297. The Hall–Kier alpha value is -2.01. The Bertz CT molecular complexity index is 642. The van der Waals surface area contributed by atoms with E-state index >= 15 is 0 Å². The van der Waals surface area contributed by atoms with E-state index in [1.54, 1.807) is 17.4 Å². The van der Waals surface area contributed by atoms with Gasteiger partial charge in [-0.15, -0.1) is 11.3 Å². The van der Waals surface area contributed by atoms with Crippen LogP contribution in [0.15, 0.2) is 42.3 Å². The number of esters is 1. The molecule has 0 radical (unpaired) electrons. The van der Waals surface area contributed by atoms with Crippen molar-refractivity contribution in [2.75, 3.05) is 14.2 Å². The van der Waals surface area contributed by atoms with Crippen molar-refractivity contribution in [1.29, 1.82) is 0 Å². The first-order chi connectivity index (χ1) is 9.60. The number of aryl methyl sites for hydroxylation is 1. The lowest BCUT2D eigenvalue weighted by Gasteiger charge is -2.29. The van der Waals surface area contributed by atoms with Gasteiger partial charge in [0, 0.05) is 24.3 Å². The molecular weight excluding hydrogens is 272 g/mol. The van der Waals surface area contributed by atoms with Crippen LogP contribution in [0.2, 0.25) is 0 Å². The number of hydrogen-bond donors (Lipinski definition) is 0. The number of ether oxygens (including phenoxy) is 1. The number of rotatable bonds is 2. The fourth-order valence-electron chi connectivity index (χ4n) is 2.43. The first kappa shape index (κ1) is 13.0. The largest absolute Gasteiger partial charge is 0.465 e. The molecule has 0 aromatic carbocycles. The molecule has 1 aromatic rings. The van der Waals surface area contributed by atoms with Gasteiger partial charge < -0.3 is 14.5 Å². The first-order valence-corrected chi connectivity index (χ1v) is 7.19. The lowest BCUT2D eigenvalue weighted by atomic mass is 10.1. The number of carbonyl (C=O) groups is 1. The average molecular weight is 288 g/mol. The molecule has 0 amide bonds. The summed E-state index contributed by atoms with van der Waals surface area (Å²) in [4.78, 5) is 18.4. The summed E-state index contributed by atoms with van der Waals surface area (Å²) in [5.41, 5.74) is 1.76. The quantitative estimate of drug-likeness (QED) is 0.783. The molecule has 2 aliphatic heterocycles. The highest BCUT2D eigenvalue weighted by atomic mass is 32.1. The van der Waals surface area contributed by atoms with Crippen molar-refractivity contribution in [3.05, 3.63) is 52.0 Å². The second-order valence-corrected chi connectivity index (χ2v) is 6.11. The van der Waals surface area contributed by atoms with Gasteiger partial charge >= 0.3 is 5.97 Å². The van der Waals surface area contributed by atoms with Gasteiger partial charge in [-0.05, 0) is 31.2 Å². The minimum Gasteiger partial charge on any atom is -0.465 e. The van der Waals surface area contributed by atoms with Gasteiger partial charge in [0.15, 0.2) is 0 Å². The molecule has 3 rings (SSSR count). The number of hydrogen-bond acceptors (Lipinski definition) is 5. The Kier molecular flexibility index (Phi) is 3.14. The van der Waals surface area contributed by atoms with E-state index in [1.807, 2.05) is 19.3 Å². The van der Waals surface area contributed by atoms with Gasteiger partial charge in [-0.25, -0.2) is 4.79 Å². The Labute approximate surface area is 122 Å². The second-order valence-electron chi connectivity index (χ2n) is 4.83. The monoisotopic (exact) mass is 288 g/mol. The van der Waals surface area contributed by atoms with Crippen LogP contribution in [0.25, 0.3) is 5.70 Å². The molecule has 2 aliphatic rings. The molecule has 4 nitrogen and oxygen atoms in total. The zero-order valence-electron chi connectivity index (χ0n) is 11.7. The molecule has 3 heterocycles. The van der Waals surface area contributed by atoms with Crippen molar-refractivity contribution in [3.63, 3.8) is 0 Å². The Morgan fingerprint density at radius 1 is 1.40 bits per heavy atom. The predicted molar refractivity (Wildman–Crippen MR) is 79.7 cm³/mol. The number of nitrogens with zero attached hydrogens (tertiary/aromatic N) is 2. The van der Waals surface area contributed by atoms with Crippen molar-refractivity contribution < 1.29 is 9.53 Å². The van der Waals surface area contributed by atoms with Gasteiger partial charge in [-0.3, -0.25) is 0 Å². The van der Waals surface area contributed by atoms with Crippen LogP contribution in [0.3, 0.4) is 0 Å². The third kappa shape index (κ3) is 2.04. The van der Waals surface area contributed by atoms with Gasteiger partial charge in [-0.1, -0.05) is 0 Å². The number of methoxy groups -OCH3 is 1. The molecular formula is C15H16N2O2S. The van der Waals surface area contributed by atoms with Crippen molar-refractivity contribution in [1.82, 2.24) is 9.80 Å². The summed E-state index contributed by atoms with van der Waals surface area (Å²) < 4.78 is 4.78. The first-order valence-electron chi connectivity index (χ1n) is 6.37. The van der Waals surface area contributed by atoms with Crippen molar-refractivity contribution >= 4 is 23.0 Å². The highest BCUT2D eigenvalue weighted by molar-refractivity contribution is 7.13. The molecule has 0 saturated heterocycles. The summed E-state index contributed by atoms with van der Waals surface area (Å²) in [6.07, 6.45) is 7.77. The summed E-state index contributed by atoms with van der Waals surface area (Å²) in [5, 5.41) is 0. The average Bonchev–Trinajstić information content (AvgIpc) is 3.02. The Morgan fingerprint density at radius 3 is 2.85 bits per heavy atom. The Balaban J connectivity index is 1.90. The van der Waals surface area contributed by atoms with Crippen molar-refractivity contribution in [3.8, 4) is 0 Å². The number of thiophene rings is 1. The highest BCUT2D eigenvalue weighted by Crippen LogP contribution is 2.35. The Morgan fingerprint density at radius 2 is 2.20 bits per heavy atom. The van der Waals surface area contributed by atoms with E-state index in [1.165, 1.54) is 22.6 Å². The standard InChI is InChI=1S/C15H16N2O2S/c1-10-4-5-13(20-10)12-9-17-7-6-11(15(18)19-3)8-14(17)16(12)2/h4-9,14H,1-3H3. The van der Waals surface area contributed by atoms with Gasteiger partial charge in [0.05, 0.1) is 23.3 Å². The topological polar surface area (TPSA) is 32.8 Å². The van der Waals surface area contributed by atoms with E-state index < -0.39 is 0 Å². The van der Waals surface area contributed by atoms with E-state index in [4.69, 9.17) is 4.74 Å². The molecule has 1 unspecified atom stereocenters. The molecule has 104 valence electrons. The van der Waals surface area contributed by atoms with Crippen LogP contribution in [0.5, 0.6) is 0 Å². The fraction of sp³-hybridized carbons (Fsp3) is 0.267. The molecule has 0 bridgehead atoms. The zero-order valence-corrected chi connectivity index (χ0v) is 12.5. The molecule has 20 heavy (non-hydrogen) atoms. The molecule has 5 heteroatoms. The van der Waals surface area contributed by atoms with Crippen LogP contribution < -0.4 is 0 Å².